The third-order valence-corrected chi connectivity index (χ3v) is 4.84. The SMILES string of the molecule is CN=C(NCc1ccccc1OCC1CC1)NC(C)c1ccc(OC)c(F)c1. The Labute approximate surface area is 166 Å². The molecule has 0 aliphatic heterocycles. The van der Waals surface area contributed by atoms with Gasteiger partial charge in [0.15, 0.2) is 17.5 Å². The molecule has 1 fully saturated rings. The molecule has 3 rings (SSSR count). The molecule has 1 unspecified atom stereocenters. The van der Waals surface area contributed by atoms with Crippen LogP contribution in [0.5, 0.6) is 11.5 Å². The van der Waals surface area contributed by atoms with Crippen LogP contribution in [-0.4, -0.2) is 26.7 Å². The Kier molecular flexibility index (Phi) is 6.74. The van der Waals surface area contributed by atoms with Gasteiger partial charge in [0.1, 0.15) is 5.75 Å². The number of nitrogens with one attached hydrogen (secondary N) is 2. The lowest BCUT2D eigenvalue weighted by Crippen LogP contribution is -2.38. The molecule has 1 aliphatic carbocycles. The maximum absolute atomic E-state index is 14.0. The third kappa shape index (κ3) is 5.38. The van der Waals surface area contributed by atoms with Crippen LogP contribution in [-0.2, 0) is 6.54 Å². The molecule has 28 heavy (non-hydrogen) atoms. The second-order valence-corrected chi connectivity index (χ2v) is 7.05. The average Bonchev–Trinajstić information content (AvgIpc) is 3.54. The summed E-state index contributed by atoms with van der Waals surface area (Å²) in [6, 6.07) is 12.9. The first-order valence-corrected chi connectivity index (χ1v) is 9.62. The molecule has 0 bridgehead atoms. The van der Waals surface area contributed by atoms with E-state index in [-0.39, 0.29) is 17.6 Å². The lowest BCUT2D eigenvalue weighted by atomic mass is 10.1. The molecule has 0 amide bonds. The van der Waals surface area contributed by atoms with Crippen molar-refractivity contribution in [2.75, 3.05) is 20.8 Å². The molecule has 150 valence electrons. The Morgan fingerprint density at radius 1 is 1.21 bits per heavy atom. The van der Waals surface area contributed by atoms with E-state index in [1.807, 2.05) is 37.3 Å². The molecule has 1 aliphatic rings. The van der Waals surface area contributed by atoms with E-state index >= 15 is 0 Å². The van der Waals surface area contributed by atoms with Crippen molar-refractivity contribution < 1.29 is 13.9 Å². The van der Waals surface area contributed by atoms with Crippen LogP contribution >= 0.6 is 0 Å². The Balaban J connectivity index is 1.58. The zero-order chi connectivity index (χ0) is 19.9. The van der Waals surface area contributed by atoms with Crippen molar-refractivity contribution in [1.29, 1.82) is 0 Å². The number of rotatable bonds is 8. The highest BCUT2D eigenvalue weighted by Crippen LogP contribution is 2.30. The number of methoxy groups -OCH3 is 1. The minimum absolute atomic E-state index is 0.118. The van der Waals surface area contributed by atoms with Gasteiger partial charge in [0.25, 0.3) is 0 Å². The van der Waals surface area contributed by atoms with Gasteiger partial charge in [-0.25, -0.2) is 4.39 Å². The Morgan fingerprint density at radius 2 is 2.00 bits per heavy atom. The number of halogens is 1. The van der Waals surface area contributed by atoms with Gasteiger partial charge in [-0.2, -0.15) is 0 Å². The lowest BCUT2D eigenvalue weighted by molar-refractivity contribution is 0.296. The van der Waals surface area contributed by atoms with E-state index in [1.54, 1.807) is 13.1 Å². The molecule has 0 aromatic heterocycles. The number of benzene rings is 2. The molecule has 2 N–H and O–H groups in total. The molecule has 5 nitrogen and oxygen atoms in total. The predicted octanol–water partition coefficient (Wildman–Crippen LogP) is 4.05. The fourth-order valence-corrected chi connectivity index (χ4v) is 2.90. The molecular weight excluding hydrogens is 357 g/mol. The van der Waals surface area contributed by atoms with Crippen molar-refractivity contribution >= 4 is 5.96 Å². The van der Waals surface area contributed by atoms with E-state index in [1.165, 1.54) is 26.0 Å². The van der Waals surface area contributed by atoms with Gasteiger partial charge in [-0.3, -0.25) is 4.99 Å². The van der Waals surface area contributed by atoms with E-state index in [9.17, 15) is 4.39 Å². The molecule has 6 heteroatoms. The highest BCUT2D eigenvalue weighted by Gasteiger charge is 2.22. The number of hydrogen-bond donors (Lipinski definition) is 2. The number of nitrogens with zero attached hydrogens (tertiary/aromatic N) is 1. The minimum Gasteiger partial charge on any atom is -0.494 e. The number of hydrogen-bond acceptors (Lipinski definition) is 3. The second-order valence-electron chi connectivity index (χ2n) is 7.05. The van der Waals surface area contributed by atoms with Gasteiger partial charge in [0, 0.05) is 19.2 Å². The van der Waals surface area contributed by atoms with Crippen molar-refractivity contribution in [2.45, 2.75) is 32.4 Å². The monoisotopic (exact) mass is 385 g/mol. The lowest BCUT2D eigenvalue weighted by Gasteiger charge is -2.19. The minimum atomic E-state index is -0.377. The molecule has 0 radical (unpaired) electrons. The summed E-state index contributed by atoms with van der Waals surface area (Å²) in [7, 11) is 3.17. The van der Waals surface area contributed by atoms with E-state index in [4.69, 9.17) is 9.47 Å². The van der Waals surface area contributed by atoms with Crippen molar-refractivity contribution in [3.05, 3.63) is 59.4 Å². The van der Waals surface area contributed by atoms with Gasteiger partial charge in [0.2, 0.25) is 0 Å². The normalized spacial score (nSPS) is 15.1. The number of para-hydroxylation sites is 1. The van der Waals surface area contributed by atoms with Crippen LogP contribution in [0.3, 0.4) is 0 Å². The molecule has 1 saturated carbocycles. The van der Waals surface area contributed by atoms with Crippen LogP contribution in [0, 0.1) is 11.7 Å². The van der Waals surface area contributed by atoms with E-state index in [2.05, 4.69) is 15.6 Å². The predicted molar refractivity (Wildman–Crippen MR) is 109 cm³/mol. The zero-order valence-corrected chi connectivity index (χ0v) is 16.7. The summed E-state index contributed by atoms with van der Waals surface area (Å²) in [5.41, 5.74) is 1.89. The van der Waals surface area contributed by atoms with Crippen molar-refractivity contribution in [1.82, 2.24) is 10.6 Å². The first-order valence-electron chi connectivity index (χ1n) is 9.62. The quantitative estimate of drug-likeness (QED) is 0.532. The van der Waals surface area contributed by atoms with Crippen LogP contribution in [0.15, 0.2) is 47.5 Å². The molecule has 1 atom stereocenters. The number of aliphatic imine (C=N–C) groups is 1. The molecule has 0 spiro atoms. The van der Waals surface area contributed by atoms with E-state index in [0.29, 0.717) is 18.4 Å². The first kappa shape index (κ1) is 20.0. The standard InChI is InChI=1S/C22H28FN3O2/c1-15(17-10-11-21(27-3)19(23)12-17)26-22(24-2)25-13-18-6-4-5-7-20(18)28-14-16-8-9-16/h4-7,10-12,15-16H,8-9,13-14H2,1-3H3,(H2,24,25,26). The summed E-state index contributed by atoms with van der Waals surface area (Å²) in [6.07, 6.45) is 2.53. The van der Waals surface area contributed by atoms with E-state index in [0.717, 1.165) is 23.5 Å². The maximum Gasteiger partial charge on any atom is 0.191 e. The van der Waals surface area contributed by atoms with Crippen LogP contribution in [0.25, 0.3) is 0 Å². The van der Waals surface area contributed by atoms with Crippen molar-refractivity contribution in [2.24, 2.45) is 10.9 Å². The Bertz CT molecular complexity index is 821. The van der Waals surface area contributed by atoms with Crippen molar-refractivity contribution in [3.63, 3.8) is 0 Å². The van der Waals surface area contributed by atoms with Gasteiger partial charge in [-0.1, -0.05) is 24.3 Å². The summed E-state index contributed by atoms with van der Waals surface area (Å²) in [6.45, 7) is 3.33. The van der Waals surface area contributed by atoms with Crippen LogP contribution in [0.4, 0.5) is 4.39 Å². The first-order chi connectivity index (χ1) is 13.6. The summed E-state index contributed by atoms with van der Waals surface area (Å²) >= 11 is 0. The van der Waals surface area contributed by atoms with Gasteiger partial charge in [0.05, 0.1) is 19.8 Å². The second kappa shape index (κ2) is 9.44. The fourth-order valence-electron chi connectivity index (χ4n) is 2.90. The summed E-state index contributed by atoms with van der Waals surface area (Å²) < 4.78 is 24.9. The topological polar surface area (TPSA) is 54.9 Å². The van der Waals surface area contributed by atoms with Gasteiger partial charge < -0.3 is 20.1 Å². The summed E-state index contributed by atoms with van der Waals surface area (Å²) in [5, 5.41) is 6.60. The molecule has 0 heterocycles. The molecule has 2 aromatic rings. The highest BCUT2D eigenvalue weighted by molar-refractivity contribution is 5.80. The molecular formula is C22H28FN3O2. The van der Waals surface area contributed by atoms with Gasteiger partial charge in [-0.15, -0.1) is 0 Å². The van der Waals surface area contributed by atoms with Crippen LogP contribution in [0.1, 0.15) is 36.9 Å². The van der Waals surface area contributed by atoms with Crippen molar-refractivity contribution in [3.8, 4) is 11.5 Å². The smallest absolute Gasteiger partial charge is 0.191 e. The van der Waals surface area contributed by atoms with Gasteiger partial charge >= 0.3 is 0 Å². The molecule has 2 aromatic carbocycles. The Hall–Kier alpha value is -2.76. The fraction of sp³-hybridized carbons (Fsp3) is 0.409. The van der Waals surface area contributed by atoms with E-state index < -0.39 is 0 Å². The number of ether oxygens (including phenoxy) is 2. The Morgan fingerprint density at radius 3 is 2.68 bits per heavy atom. The average molecular weight is 385 g/mol. The highest BCUT2D eigenvalue weighted by atomic mass is 19.1. The largest absolute Gasteiger partial charge is 0.494 e. The summed E-state index contributed by atoms with van der Waals surface area (Å²) in [4.78, 5) is 4.27. The van der Waals surface area contributed by atoms with Crippen LogP contribution < -0.4 is 20.1 Å². The van der Waals surface area contributed by atoms with Gasteiger partial charge in [-0.05, 0) is 49.4 Å². The third-order valence-electron chi connectivity index (χ3n) is 4.84. The zero-order valence-electron chi connectivity index (χ0n) is 16.7. The summed E-state index contributed by atoms with van der Waals surface area (Å²) in [5.74, 6) is 2.11. The maximum atomic E-state index is 14.0. The number of guanidine groups is 1. The van der Waals surface area contributed by atoms with Crippen LogP contribution in [0.2, 0.25) is 0 Å². The molecule has 0 saturated heterocycles.